The third-order valence-electron chi connectivity index (χ3n) is 3.94. The molecule has 0 aliphatic carbocycles. The predicted molar refractivity (Wildman–Crippen MR) is 79.1 cm³/mol. The van der Waals surface area contributed by atoms with Gasteiger partial charge in [0.1, 0.15) is 5.41 Å². The number of amides is 2. The maximum atomic E-state index is 12.2. The van der Waals surface area contributed by atoms with Crippen LogP contribution in [0.2, 0.25) is 0 Å². The second-order valence-corrected chi connectivity index (χ2v) is 6.28. The van der Waals surface area contributed by atoms with Gasteiger partial charge >= 0.3 is 12.0 Å². The Morgan fingerprint density at radius 3 is 2.75 bits per heavy atom. The van der Waals surface area contributed by atoms with E-state index in [4.69, 9.17) is 4.74 Å². The summed E-state index contributed by atoms with van der Waals surface area (Å²) in [4.78, 5) is 25.2. The van der Waals surface area contributed by atoms with Gasteiger partial charge in [0.2, 0.25) is 0 Å². The van der Waals surface area contributed by atoms with Gasteiger partial charge in [0.15, 0.2) is 0 Å². The van der Waals surface area contributed by atoms with E-state index in [1.165, 1.54) is 0 Å². The monoisotopic (exact) mass is 304 g/mol. The highest BCUT2D eigenvalue weighted by atomic mass is 32.2. The van der Waals surface area contributed by atoms with Gasteiger partial charge in [-0.1, -0.05) is 6.92 Å². The summed E-state index contributed by atoms with van der Waals surface area (Å²) in [6.45, 7) is 4.00. The van der Waals surface area contributed by atoms with Gasteiger partial charge in [-0.2, -0.15) is 11.8 Å². The molecule has 2 N–H and O–H groups in total. The fourth-order valence-corrected chi connectivity index (χ4v) is 3.04. The molecule has 7 heteroatoms. The van der Waals surface area contributed by atoms with Crippen LogP contribution in [0, 0.1) is 5.41 Å². The Hall–Kier alpha value is -0.950. The Labute approximate surface area is 124 Å². The Balaban J connectivity index is 2.67. The van der Waals surface area contributed by atoms with Crippen molar-refractivity contribution in [1.82, 2.24) is 10.2 Å². The fourth-order valence-electron chi connectivity index (χ4n) is 2.20. The number of carbonyl (C=O) groups excluding carboxylic acids is 1. The number of ether oxygens (including phenoxy) is 1. The largest absolute Gasteiger partial charge is 0.481 e. The van der Waals surface area contributed by atoms with Gasteiger partial charge in [-0.15, -0.1) is 0 Å². The highest BCUT2D eigenvalue weighted by Gasteiger charge is 2.47. The second-order valence-electron chi connectivity index (χ2n) is 5.37. The summed E-state index contributed by atoms with van der Waals surface area (Å²) in [7, 11) is 1.74. The first-order valence-electron chi connectivity index (χ1n) is 6.70. The molecule has 116 valence electrons. The first-order valence-corrected chi connectivity index (χ1v) is 8.09. The lowest BCUT2D eigenvalue weighted by Crippen LogP contribution is -2.54. The highest BCUT2D eigenvalue weighted by Crippen LogP contribution is 2.28. The van der Waals surface area contributed by atoms with Gasteiger partial charge in [-0.3, -0.25) is 4.79 Å². The van der Waals surface area contributed by atoms with Crippen molar-refractivity contribution >= 4 is 23.8 Å². The lowest BCUT2D eigenvalue weighted by atomic mass is 9.85. The summed E-state index contributed by atoms with van der Waals surface area (Å²) in [5.74, 6) is -0.0864. The Morgan fingerprint density at radius 2 is 2.25 bits per heavy atom. The molecular weight excluding hydrogens is 280 g/mol. The Kier molecular flexibility index (Phi) is 6.13. The first kappa shape index (κ1) is 17.1. The molecular formula is C13H24N2O4S. The maximum absolute atomic E-state index is 12.2. The molecule has 1 saturated heterocycles. The topological polar surface area (TPSA) is 78.9 Å². The van der Waals surface area contributed by atoms with Crippen LogP contribution in [0.15, 0.2) is 0 Å². The van der Waals surface area contributed by atoms with Crippen LogP contribution in [-0.2, 0) is 9.53 Å². The van der Waals surface area contributed by atoms with Crippen LogP contribution in [0.5, 0.6) is 0 Å². The van der Waals surface area contributed by atoms with Crippen LogP contribution >= 0.6 is 11.8 Å². The average Bonchev–Trinajstić information content (AvgIpc) is 2.78. The molecule has 3 atom stereocenters. The molecule has 1 heterocycles. The summed E-state index contributed by atoms with van der Waals surface area (Å²) in [5.41, 5.74) is -1.06. The number of carboxylic acid groups (broad SMARTS) is 1. The van der Waals surface area contributed by atoms with Crippen LogP contribution in [0.25, 0.3) is 0 Å². The molecule has 0 radical (unpaired) electrons. The number of hydrogen-bond acceptors (Lipinski definition) is 4. The van der Waals surface area contributed by atoms with Crippen molar-refractivity contribution in [3.63, 3.8) is 0 Å². The predicted octanol–water partition coefficient (Wildman–Crippen LogP) is 1.26. The van der Waals surface area contributed by atoms with Gasteiger partial charge in [0.25, 0.3) is 0 Å². The van der Waals surface area contributed by atoms with Crippen LogP contribution < -0.4 is 5.32 Å². The minimum atomic E-state index is -1.06. The molecule has 0 spiro atoms. The van der Waals surface area contributed by atoms with Crippen LogP contribution in [0.4, 0.5) is 4.79 Å². The number of nitrogens with one attached hydrogen (secondary N) is 1. The molecule has 1 fully saturated rings. The highest BCUT2D eigenvalue weighted by molar-refractivity contribution is 7.98. The minimum Gasteiger partial charge on any atom is -0.481 e. The molecule has 1 aliphatic heterocycles. The Morgan fingerprint density at radius 1 is 1.60 bits per heavy atom. The van der Waals surface area contributed by atoms with Crippen molar-refractivity contribution in [2.24, 2.45) is 5.41 Å². The maximum Gasteiger partial charge on any atom is 0.317 e. The lowest BCUT2D eigenvalue weighted by molar-refractivity contribution is -0.148. The van der Waals surface area contributed by atoms with Crippen LogP contribution in [0.1, 0.15) is 20.3 Å². The van der Waals surface area contributed by atoms with E-state index in [0.29, 0.717) is 0 Å². The van der Waals surface area contributed by atoms with E-state index in [0.717, 1.165) is 12.2 Å². The number of carbonyl (C=O) groups is 2. The van der Waals surface area contributed by atoms with Crippen molar-refractivity contribution < 1.29 is 19.4 Å². The van der Waals surface area contributed by atoms with E-state index < -0.39 is 17.4 Å². The number of hydrogen-bond donors (Lipinski definition) is 2. The molecule has 1 aliphatic rings. The van der Waals surface area contributed by atoms with Gasteiger partial charge in [0, 0.05) is 18.8 Å². The van der Waals surface area contributed by atoms with Crippen LogP contribution in [-0.4, -0.2) is 66.4 Å². The third-order valence-corrected chi connectivity index (χ3v) is 4.66. The van der Waals surface area contributed by atoms with E-state index in [-0.39, 0.29) is 25.3 Å². The smallest absolute Gasteiger partial charge is 0.317 e. The van der Waals surface area contributed by atoms with Crippen LogP contribution in [0.3, 0.4) is 0 Å². The summed E-state index contributed by atoms with van der Waals surface area (Å²) >= 11 is 1.69. The summed E-state index contributed by atoms with van der Waals surface area (Å²) < 4.78 is 5.23. The summed E-state index contributed by atoms with van der Waals surface area (Å²) in [5, 5.41) is 12.1. The van der Waals surface area contributed by atoms with Crippen molar-refractivity contribution in [1.29, 1.82) is 0 Å². The molecule has 0 aromatic rings. The first-order chi connectivity index (χ1) is 9.36. The molecule has 2 amide bonds. The average molecular weight is 304 g/mol. The minimum absolute atomic E-state index is 0.124. The molecule has 0 saturated carbocycles. The van der Waals surface area contributed by atoms with Crippen molar-refractivity contribution in [3.05, 3.63) is 0 Å². The van der Waals surface area contributed by atoms with E-state index in [9.17, 15) is 14.7 Å². The van der Waals surface area contributed by atoms with Crippen molar-refractivity contribution in [2.45, 2.75) is 32.4 Å². The van der Waals surface area contributed by atoms with E-state index in [1.807, 2.05) is 13.2 Å². The number of nitrogens with zero attached hydrogens (tertiary/aromatic N) is 1. The number of rotatable bonds is 6. The van der Waals surface area contributed by atoms with Gasteiger partial charge in [-0.25, -0.2) is 4.79 Å². The van der Waals surface area contributed by atoms with Crippen molar-refractivity contribution in [3.8, 4) is 0 Å². The quantitative estimate of drug-likeness (QED) is 0.772. The lowest BCUT2D eigenvalue weighted by Gasteiger charge is -2.31. The molecule has 20 heavy (non-hydrogen) atoms. The number of urea groups is 1. The standard InChI is InChI=1S/C13H24N2O4S/c1-5-9(7-20-4)15(3)12(18)14-10-6-19-8-13(10,2)11(16)17/h9-10H,5-8H2,1-4H3,(H,14,18)(H,16,17). The second kappa shape index (κ2) is 7.17. The number of thioether (sulfide) groups is 1. The van der Waals surface area contributed by atoms with E-state index in [2.05, 4.69) is 5.32 Å². The fraction of sp³-hybridized carbons (Fsp3) is 0.846. The molecule has 0 aromatic carbocycles. The Bertz CT molecular complexity index is 366. The molecule has 3 unspecified atom stereocenters. The van der Waals surface area contributed by atoms with E-state index in [1.54, 1.807) is 30.6 Å². The van der Waals surface area contributed by atoms with Crippen molar-refractivity contribution in [2.75, 3.05) is 32.3 Å². The third kappa shape index (κ3) is 3.58. The molecule has 6 nitrogen and oxygen atoms in total. The zero-order valence-electron chi connectivity index (χ0n) is 12.5. The normalized spacial score (nSPS) is 27.1. The van der Waals surface area contributed by atoms with Gasteiger partial charge < -0.3 is 20.1 Å². The zero-order valence-corrected chi connectivity index (χ0v) is 13.3. The summed E-state index contributed by atoms with van der Waals surface area (Å²) in [6.07, 6.45) is 2.86. The molecule has 0 aromatic heterocycles. The van der Waals surface area contributed by atoms with Gasteiger partial charge in [0.05, 0.1) is 19.3 Å². The zero-order chi connectivity index (χ0) is 15.3. The SMILES string of the molecule is CCC(CSC)N(C)C(=O)NC1COCC1(C)C(=O)O. The van der Waals surface area contributed by atoms with E-state index >= 15 is 0 Å². The number of aliphatic carboxylic acids is 1. The molecule has 0 bridgehead atoms. The van der Waals surface area contributed by atoms with Gasteiger partial charge in [-0.05, 0) is 19.6 Å². The number of carboxylic acids is 1. The summed E-state index contributed by atoms with van der Waals surface area (Å²) in [6, 6.07) is -0.598. The molecule has 1 rings (SSSR count).